The van der Waals surface area contributed by atoms with Gasteiger partial charge in [-0.3, -0.25) is 0 Å². The summed E-state index contributed by atoms with van der Waals surface area (Å²) in [6.45, 7) is 9.27. The molecular formula is C17H28N3O5S+. The van der Waals surface area contributed by atoms with Gasteiger partial charge in [0.1, 0.15) is 12.3 Å². The van der Waals surface area contributed by atoms with E-state index >= 15 is 0 Å². The molecule has 0 aromatic carbocycles. The summed E-state index contributed by atoms with van der Waals surface area (Å²) < 4.78 is 36.6. The quantitative estimate of drug-likeness (QED) is 0.449. The lowest BCUT2D eigenvalue weighted by Gasteiger charge is -2.20. The molecule has 0 saturated carbocycles. The maximum Gasteiger partial charge on any atom is 0.596 e. The number of ether oxygens (including phenoxy) is 1. The van der Waals surface area contributed by atoms with Crippen molar-refractivity contribution in [2.45, 2.75) is 64.5 Å². The summed E-state index contributed by atoms with van der Waals surface area (Å²) in [6, 6.07) is -0.227. The fourth-order valence-corrected chi connectivity index (χ4v) is 3.50. The van der Waals surface area contributed by atoms with E-state index in [0.717, 1.165) is 37.6 Å². The topological polar surface area (TPSA) is 90.5 Å². The molecule has 1 aromatic rings. The average Bonchev–Trinajstić information content (AvgIpc) is 2.70. The fourth-order valence-electron chi connectivity index (χ4n) is 3.00. The Balaban J connectivity index is 2.32. The van der Waals surface area contributed by atoms with E-state index in [1.54, 1.807) is 27.8 Å². The molecule has 1 aliphatic rings. The second kappa shape index (κ2) is 7.38. The van der Waals surface area contributed by atoms with E-state index in [9.17, 15) is 13.2 Å². The van der Waals surface area contributed by atoms with Crippen molar-refractivity contribution in [3.05, 3.63) is 11.3 Å². The molecule has 0 radical (unpaired) electrons. The Kier molecular flexibility index (Phi) is 5.79. The Morgan fingerprint density at radius 3 is 2.58 bits per heavy atom. The van der Waals surface area contributed by atoms with E-state index in [4.69, 9.17) is 8.92 Å². The largest absolute Gasteiger partial charge is 0.596 e. The SMILES string of the molecule is C=[N+](C(=O)OC(C)(C)C)C1CCCCc2nn(C)c(OS(C)(=O)=O)c2C1. The third kappa shape index (κ3) is 5.30. The van der Waals surface area contributed by atoms with Crippen LogP contribution in [0.5, 0.6) is 5.88 Å². The first kappa shape index (κ1) is 20.4. The zero-order valence-electron chi connectivity index (χ0n) is 16.1. The minimum atomic E-state index is -3.68. The Bertz CT molecular complexity index is 805. The van der Waals surface area contributed by atoms with Crippen molar-refractivity contribution in [3.8, 4) is 5.88 Å². The van der Waals surface area contributed by atoms with Crippen LogP contribution in [0.3, 0.4) is 0 Å². The number of carbonyl (C=O) groups is 1. The maximum absolute atomic E-state index is 12.4. The zero-order chi connectivity index (χ0) is 19.7. The van der Waals surface area contributed by atoms with Gasteiger partial charge in [0.05, 0.1) is 11.9 Å². The molecule has 0 fully saturated rings. The highest BCUT2D eigenvalue weighted by molar-refractivity contribution is 7.86. The van der Waals surface area contributed by atoms with Crippen LogP contribution in [0.4, 0.5) is 4.79 Å². The third-order valence-electron chi connectivity index (χ3n) is 4.11. The minimum absolute atomic E-state index is 0.201. The normalized spacial score (nSPS) is 18.4. The van der Waals surface area contributed by atoms with Crippen molar-refractivity contribution in [3.63, 3.8) is 0 Å². The average molecular weight is 386 g/mol. The second-order valence-electron chi connectivity index (χ2n) is 7.70. The van der Waals surface area contributed by atoms with Gasteiger partial charge in [-0.1, -0.05) is 0 Å². The highest BCUT2D eigenvalue weighted by atomic mass is 32.2. The van der Waals surface area contributed by atoms with Gasteiger partial charge in [0, 0.05) is 25.5 Å². The van der Waals surface area contributed by atoms with E-state index in [-0.39, 0.29) is 11.9 Å². The monoisotopic (exact) mass is 386 g/mol. The Morgan fingerprint density at radius 2 is 2.00 bits per heavy atom. The summed E-state index contributed by atoms with van der Waals surface area (Å²) in [5.74, 6) is 0.201. The van der Waals surface area contributed by atoms with Crippen molar-refractivity contribution in [2.24, 2.45) is 7.05 Å². The molecule has 146 valence electrons. The fraction of sp³-hybridized carbons (Fsp3) is 0.706. The van der Waals surface area contributed by atoms with Gasteiger partial charge in [-0.05, 0) is 40.0 Å². The highest BCUT2D eigenvalue weighted by Crippen LogP contribution is 2.30. The molecule has 1 aliphatic carbocycles. The van der Waals surface area contributed by atoms with Gasteiger partial charge in [-0.25, -0.2) is 4.68 Å². The Hall–Kier alpha value is -1.90. The lowest BCUT2D eigenvalue weighted by Crippen LogP contribution is -2.37. The number of rotatable bonds is 3. The summed E-state index contributed by atoms with van der Waals surface area (Å²) in [7, 11) is -2.03. The molecule has 26 heavy (non-hydrogen) atoms. The lowest BCUT2D eigenvalue weighted by atomic mass is 9.94. The van der Waals surface area contributed by atoms with Crippen molar-refractivity contribution in [1.82, 2.24) is 9.78 Å². The van der Waals surface area contributed by atoms with E-state index in [0.29, 0.717) is 12.0 Å². The first-order valence-corrected chi connectivity index (χ1v) is 10.5. The molecule has 0 N–H and O–H groups in total. The first-order chi connectivity index (χ1) is 11.9. The van der Waals surface area contributed by atoms with Crippen LogP contribution >= 0.6 is 0 Å². The molecule has 0 saturated heterocycles. The minimum Gasteiger partial charge on any atom is -0.406 e. The van der Waals surface area contributed by atoms with E-state index in [1.165, 1.54) is 9.26 Å². The van der Waals surface area contributed by atoms with Crippen LogP contribution in [0.25, 0.3) is 0 Å². The third-order valence-corrected chi connectivity index (χ3v) is 4.57. The number of fused-ring (bicyclic) bond motifs is 1. The van der Waals surface area contributed by atoms with Crippen LogP contribution in [0.1, 0.15) is 51.3 Å². The number of carbonyl (C=O) groups excluding carboxylic acids is 1. The van der Waals surface area contributed by atoms with Crippen LogP contribution in [-0.2, 0) is 34.7 Å². The zero-order valence-corrected chi connectivity index (χ0v) is 16.9. The van der Waals surface area contributed by atoms with Crippen LogP contribution in [0, 0.1) is 0 Å². The van der Waals surface area contributed by atoms with Crippen LogP contribution < -0.4 is 4.18 Å². The van der Waals surface area contributed by atoms with E-state index < -0.39 is 21.8 Å². The first-order valence-electron chi connectivity index (χ1n) is 8.64. The molecule has 0 aliphatic heterocycles. The summed E-state index contributed by atoms with van der Waals surface area (Å²) in [5, 5.41) is 4.41. The molecule has 8 nitrogen and oxygen atoms in total. The predicted octanol–water partition coefficient (Wildman–Crippen LogP) is 2.04. The van der Waals surface area contributed by atoms with Crippen LogP contribution in [0.2, 0.25) is 0 Å². The lowest BCUT2D eigenvalue weighted by molar-refractivity contribution is -0.484. The van der Waals surface area contributed by atoms with Gasteiger partial charge >= 0.3 is 16.2 Å². The number of hydrogen-bond donors (Lipinski definition) is 0. The molecule has 1 heterocycles. The van der Waals surface area contributed by atoms with Crippen molar-refractivity contribution >= 4 is 22.9 Å². The summed E-state index contributed by atoms with van der Waals surface area (Å²) in [5.41, 5.74) is 0.895. The molecule has 0 spiro atoms. The summed E-state index contributed by atoms with van der Waals surface area (Å²) in [6.07, 6.45) is 4.21. The molecule has 1 amide bonds. The molecular weight excluding hydrogens is 358 g/mol. The molecule has 9 heteroatoms. The predicted molar refractivity (Wildman–Crippen MR) is 97.3 cm³/mol. The van der Waals surface area contributed by atoms with E-state index in [2.05, 4.69) is 11.8 Å². The number of amides is 1. The van der Waals surface area contributed by atoms with Gasteiger partial charge < -0.3 is 8.92 Å². The summed E-state index contributed by atoms with van der Waals surface area (Å²) in [4.78, 5) is 12.4. The van der Waals surface area contributed by atoms with Crippen molar-refractivity contribution < 1.29 is 26.7 Å². The molecule has 2 rings (SSSR count). The van der Waals surface area contributed by atoms with Gasteiger partial charge in [-0.15, -0.1) is 4.58 Å². The number of hydrogen-bond acceptors (Lipinski definition) is 6. The molecule has 1 unspecified atom stereocenters. The van der Waals surface area contributed by atoms with Gasteiger partial charge in [-0.2, -0.15) is 18.3 Å². The standard InChI is InChI=1S/C17H28N3O5S/c1-17(2,3)24-16(21)19(4)12-9-7-8-10-14-13(11-12)15(20(5)18-14)25-26(6,22)23/h12H,4,7-11H2,1-3,5-6H3/q+1. The van der Waals surface area contributed by atoms with Gasteiger partial charge in [0.25, 0.3) is 0 Å². The Labute approximate surface area is 154 Å². The van der Waals surface area contributed by atoms with Gasteiger partial charge in [0.2, 0.25) is 5.88 Å². The molecule has 1 atom stereocenters. The van der Waals surface area contributed by atoms with Crippen LogP contribution in [-0.4, -0.2) is 53.5 Å². The number of aryl methyl sites for hydroxylation is 2. The van der Waals surface area contributed by atoms with Crippen LogP contribution in [0.15, 0.2) is 0 Å². The highest BCUT2D eigenvalue weighted by Gasteiger charge is 2.35. The second-order valence-corrected chi connectivity index (χ2v) is 9.27. The van der Waals surface area contributed by atoms with Gasteiger partial charge in [0.15, 0.2) is 6.04 Å². The summed E-state index contributed by atoms with van der Waals surface area (Å²) >= 11 is 0. The number of aromatic nitrogens is 2. The molecule has 0 bridgehead atoms. The smallest absolute Gasteiger partial charge is 0.406 e. The van der Waals surface area contributed by atoms with Crippen molar-refractivity contribution in [1.29, 1.82) is 0 Å². The number of nitrogens with zero attached hydrogens (tertiary/aromatic N) is 3. The molecule has 1 aromatic heterocycles. The van der Waals surface area contributed by atoms with Crippen molar-refractivity contribution in [2.75, 3.05) is 6.26 Å². The van der Waals surface area contributed by atoms with E-state index in [1.807, 2.05) is 0 Å². The Morgan fingerprint density at radius 1 is 1.35 bits per heavy atom. The maximum atomic E-state index is 12.4.